The molecule has 2 aromatic rings. The lowest BCUT2D eigenvalue weighted by molar-refractivity contribution is -0.176. The van der Waals surface area contributed by atoms with Crippen LogP contribution >= 0.6 is 0 Å². The first kappa shape index (κ1) is 21.9. The fraction of sp³-hybridized carbons (Fsp3) is 0.278. The van der Waals surface area contributed by atoms with Crippen molar-refractivity contribution >= 4 is 15.9 Å². The Balaban J connectivity index is 1.92. The molecule has 0 aliphatic rings. The number of hydrogen-bond donors (Lipinski definition) is 2. The van der Waals surface area contributed by atoms with Crippen molar-refractivity contribution in [2.24, 2.45) is 0 Å². The molecule has 0 heterocycles. The highest BCUT2D eigenvalue weighted by Crippen LogP contribution is 2.16. The van der Waals surface area contributed by atoms with Crippen molar-refractivity contribution in [2.75, 3.05) is 13.7 Å². The number of halogens is 3. The van der Waals surface area contributed by atoms with Crippen LogP contribution in [0.4, 0.5) is 13.2 Å². The van der Waals surface area contributed by atoms with Gasteiger partial charge >= 0.3 is 6.18 Å². The Morgan fingerprint density at radius 1 is 1.07 bits per heavy atom. The molecule has 0 spiro atoms. The van der Waals surface area contributed by atoms with Crippen molar-refractivity contribution in [1.29, 1.82) is 0 Å². The molecule has 1 amide bonds. The van der Waals surface area contributed by atoms with Crippen LogP contribution in [-0.4, -0.2) is 34.2 Å². The van der Waals surface area contributed by atoms with Crippen LogP contribution in [0.5, 0.6) is 0 Å². The summed E-state index contributed by atoms with van der Waals surface area (Å²) in [5.41, 5.74) is 1.49. The van der Waals surface area contributed by atoms with Gasteiger partial charge in [0.2, 0.25) is 10.0 Å². The predicted molar refractivity (Wildman–Crippen MR) is 96.0 cm³/mol. The first-order valence-corrected chi connectivity index (χ1v) is 9.63. The molecule has 2 N–H and O–H groups in total. The third kappa shape index (κ3) is 6.63. The molecule has 0 saturated heterocycles. The number of nitrogens with one attached hydrogen (secondary N) is 2. The van der Waals surface area contributed by atoms with E-state index in [1.807, 2.05) is 0 Å². The number of alkyl halides is 3. The van der Waals surface area contributed by atoms with Crippen molar-refractivity contribution in [3.8, 4) is 0 Å². The fourth-order valence-corrected chi connectivity index (χ4v) is 3.02. The van der Waals surface area contributed by atoms with Crippen LogP contribution in [0, 0.1) is 0 Å². The molecule has 0 saturated carbocycles. The van der Waals surface area contributed by atoms with Gasteiger partial charge < -0.3 is 10.1 Å². The van der Waals surface area contributed by atoms with Crippen molar-refractivity contribution in [1.82, 2.24) is 10.0 Å². The van der Waals surface area contributed by atoms with E-state index in [-0.39, 0.29) is 23.6 Å². The maximum Gasteiger partial charge on any atom is 0.411 e. The van der Waals surface area contributed by atoms with Gasteiger partial charge in [0.05, 0.1) is 11.5 Å². The molecule has 0 unspecified atom stereocenters. The summed E-state index contributed by atoms with van der Waals surface area (Å²) >= 11 is 0. The maximum absolute atomic E-state index is 12.2. The van der Waals surface area contributed by atoms with Crippen LogP contribution < -0.4 is 10.0 Å². The Kier molecular flexibility index (Phi) is 7.17. The van der Waals surface area contributed by atoms with Crippen molar-refractivity contribution < 1.29 is 31.1 Å². The molecule has 0 aliphatic heterocycles. The summed E-state index contributed by atoms with van der Waals surface area (Å²) in [5.74, 6) is -0.453. The van der Waals surface area contributed by atoms with Gasteiger partial charge in [-0.25, -0.2) is 13.1 Å². The highest BCUT2D eigenvalue weighted by atomic mass is 32.2. The molecule has 0 fully saturated rings. The van der Waals surface area contributed by atoms with Crippen molar-refractivity contribution in [3.63, 3.8) is 0 Å². The first-order valence-electron chi connectivity index (χ1n) is 8.15. The van der Waals surface area contributed by atoms with Gasteiger partial charge in [-0.15, -0.1) is 0 Å². The number of carbonyl (C=O) groups excluding carboxylic acids is 1. The zero-order chi connectivity index (χ0) is 20.8. The molecular weight excluding hydrogens is 397 g/mol. The molecule has 2 rings (SSSR count). The first-order chi connectivity index (χ1) is 13.1. The number of amides is 1. The Bertz CT molecular complexity index is 913. The van der Waals surface area contributed by atoms with Gasteiger partial charge in [-0.1, -0.05) is 30.3 Å². The van der Waals surface area contributed by atoms with E-state index in [9.17, 15) is 26.4 Å². The summed E-state index contributed by atoms with van der Waals surface area (Å²) in [6, 6.07) is 12.1. The molecule has 0 aliphatic carbocycles. The van der Waals surface area contributed by atoms with Gasteiger partial charge in [-0.3, -0.25) is 4.79 Å². The van der Waals surface area contributed by atoms with Crippen LogP contribution in [0.25, 0.3) is 0 Å². The van der Waals surface area contributed by atoms with Gasteiger partial charge in [0, 0.05) is 12.1 Å². The minimum Gasteiger partial charge on any atom is -0.367 e. The van der Waals surface area contributed by atoms with Gasteiger partial charge in [0.15, 0.2) is 0 Å². The van der Waals surface area contributed by atoms with Crippen LogP contribution in [0.15, 0.2) is 53.4 Å². The topological polar surface area (TPSA) is 84.5 Å². The maximum atomic E-state index is 12.2. The lowest BCUT2D eigenvalue weighted by Gasteiger charge is -2.09. The summed E-state index contributed by atoms with van der Waals surface area (Å²) in [6.45, 7) is -1.31. The monoisotopic (exact) mass is 416 g/mol. The normalized spacial score (nSPS) is 12.0. The second-order valence-corrected chi connectivity index (χ2v) is 7.73. The Labute approximate surface area is 160 Å². The lowest BCUT2D eigenvalue weighted by atomic mass is 10.1. The molecule has 0 atom stereocenters. The van der Waals surface area contributed by atoms with Gasteiger partial charge in [-0.2, -0.15) is 13.2 Å². The quantitative estimate of drug-likeness (QED) is 0.693. The van der Waals surface area contributed by atoms with Crippen LogP contribution in [0.2, 0.25) is 0 Å². The molecule has 152 valence electrons. The van der Waals surface area contributed by atoms with E-state index in [1.165, 1.54) is 31.3 Å². The second kappa shape index (κ2) is 9.18. The van der Waals surface area contributed by atoms with E-state index in [4.69, 9.17) is 0 Å². The summed E-state index contributed by atoms with van der Waals surface area (Å²) in [4.78, 5) is 12.2. The van der Waals surface area contributed by atoms with Crippen molar-refractivity contribution in [3.05, 3.63) is 65.2 Å². The van der Waals surface area contributed by atoms with E-state index in [0.717, 1.165) is 5.56 Å². The van der Waals surface area contributed by atoms with Crippen LogP contribution in [-0.2, 0) is 27.9 Å². The van der Waals surface area contributed by atoms with E-state index < -0.39 is 28.7 Å². The average Bonchev–Trinajstić information content (AvgIpc) is 2.66. The smallest absolute Gasteiger partial charge is 0.367 e. The predicted octanol–water partition coefficient (Wildman–Crippen LogP) is 2.60. The summed E-state index contributed by atoms with van der Waals surface area (Å²) < 4.78 is 66.5. The van der Waals surface area contributed by atoms with E-state index in [1.54, 1.807) is 24.3 Å². The molecule has 2 aromatic carbocycles. The number of rotatable bonds is 8. The number of benzene rings is 2. The highest BCUT2D eigenvalue weighted by Gasteiger charge is 2.27. The third-order valence-corrected chi connectivity index (χ3v) is 5.10. The largest absolute Gasteiger partial charge is 0.411 e. The molecule has 6 nitrogen and oxygen atoms in total. The Hall–Kier alpha value is -2.43. The average molecular weight is 416 g/mol. The molecule has 0 bridgehead atoms. The molecule has 28 heavy (non-hydrogen) atoms. The minimum absolute atomic E-state index is 0.0224. The van der Waals surface area contributed by atoms with Crippen LogP contribution in [0.3, 0.4) is 0 Å². The summed E-state index contributed by atoms with van der Waals surface area (Å²) in [7, 11) is -2.38. The summed E-state index contributed by atoms with van der Waals surface area (Å²) in [5, 5.41) is 2.66. The number of hydrogen-bond acceptors (Lipinski definition) is 4. The third-order valence-electron chi connectivity index (χ3n) is 3.69. The minimum atomic E-state index is -4.37. The zero-order valence-corrected chi connectivity index (χ0v) is 15.7. The number of ether oxygens (including phenoxy) is 1. The molecule has 0 radical (unpaired) electrons. The fourth-order valence-electron chi connectivity index (χ4n) is 2.24. The van der Waals surface area contributed by atoms with E-state index in [2.05, 4.69) is 14.8 Å². The lowest BCUT2D eigenvalue weighted by Crippen LogP contribution is -2.24. The Morgan fingerprint density at radius 3 is 2.32 bits per heavy atom. The van der Waals surface area contributed by atoms with E-state index >= 15 is 0 Å². The Morgan fingerprint density at radius 2 is 1.71 bits per heavy atom. The molecular formula is C18H19F3N2O4S. The van der Waals surface area contributed by atoms with Gasteiger partial charge in [-0.05, 0) is 36.4 Å². The van der Waals surface area contributed by atoms with Gasteiger partial charge in [0.1, 0.15) is 6.61 Å². The number of carbonyl (C=O) groups is 1. The van der Waals surface area contributed by atoms with Crippen molar-refractivity contribution in [2.45, 2.75) is 24.2 Å². The molecule has 10 heteroatoms. The van der Waals surface area contributed by atoms with Gasteiger partial charge in [0.25, 0.3) is 5.91 Å². The SMILES string of the molecule is CNS(=O)(=O)c1cccc(C(=O)NCc2ccc(COCC(F)(F)F)cc2)c1. The zero-order valence-electron chi connectivity index (χ0n) is 14.9. The molecule has 0 aromatic heterocycles. The standard InChI is InChI=1S/C18H19F3N2O4S/c1-22-28(25,26)16-4-2-3-15(9-16)17(24)23-10-13-5-7-14(8-6-13)11-27-12-18(19,20)21/h2-9,22H,10-12H2,1H3,(H,23,24). The number of sulfonamides is 1. The highest BCUT2D eigenvalue weighted by molar-refractivity contribution is 7.89. The van der Waals surface area contributed by atoms with Crippen LogP contribution in [0.1, 0.15) is 21.5 Å². The summed E-state index contributed by atoms with van der Waals surface area (Å²) in [6.07, 6.45) is -4.37. The van der Waals surface area contributed by atoms with E-state index in [0.29, 0.717) is 5.56 Å². The second-order valence-electron chi connectivity index (χ2n) is 5.84.